The van der Waals surface area contributed by atoms with Gasteiger partial charge in [0.1, 0.15) is 0 Å². The van der Waals surface area contributed by atoms with Crippen LogP contribution < -0.4 is 0 Å². The van der Waals surface area contributed by atoms with Crippen molar-refractivity contribution in [3.8, 4) is 0 Å². The molecule has 0 amide bonds. The van der Waals surface area contributed by atoms with Gasteiger partial charge in [0.15, 0.2) is 0 Å². The molecule has 0 unspecified atom stereocenters. The maximum Gasteiger partial charge on any atom is 0.0496 e. The zero-order chi connectivity index (χ0) is 9.36. The summed E-state index contributed by atoms with van der Waals surface area (Å²) >= 11 is 0. The lowest BCUT2D eigenvalue weighted by molar-refractivity contribution is -0.0335. The van der Waals surface area contributed by atoms with Gasteiger partial charge < -0.3 is 10.2 Å². The summed E-state index contributed by atoms with van der Waals surface area (Å²) in [5, 5.41) is 19.0. The van der Waals surface area contributed by atoms with E-state index >= 15 is 0 Å². The first kappa shape index (κ1) is 9.22. The van der Waals surface area contributed by atoms with Gasteiger partial charge in [-0.3, -0.25) is 0 Å². The number of rotatable bonds is 2. The van der Waals surface area contributed by atoms with E-state index in [1.54, 1.807) is 0 Å². The SMILES string of the molecule is OC[C@@]12CC=CC[C@]1(CO)CCC2. The predicted octanol–water partition coefficient (Wildman–Crippen LogP) is 1.48. The quantitative estimate of drug-likeness (QED) is 0.635. The predicted molar refractivity (Wildman–Crippen MR) is 51.3 cm³/mol. The van der Waals surface area contributed by atoms with Gasteiger partial charge in [0.25, 0.3) is 0 Å². The van der Waals surface area contributed by atoms with Gasteiger partial charge in [0, 0.05) is 24.0 Å². The van der Waals surface area contributed by atoms with E-state index in [2.05, 4.69) is 12.2 Å². The Labute approximate surface area is 79.3 Å². The Morgan fingerprint density at radius 1 is 0.923 bits per heavy atom. The highest BCUT2D eigenvalue weighted by Gasteiger charge is 2.53. The molecule has 2 aliphatic carbocycles. The van der Waals surface area contributed by atoms with Gasteiger partial charge in [-0.1, -0.05) is 18.6 Å². The van der Waals surface area contributed by atoms with E-state index < -0.39 is 0 Å². The van der Waals surface area contributed by atoms with Gasteiger partial charge in [0.05, 0.1) is 0 Å². The van der Waals surface area contributed by atoms with Crippen molar-refractivity contribution in [2.75, 3.05) is 13.2 Å². The van der Waals surface area contributed by atoms with Gasteiger partial charge in [-0.2, -0.15) is 0 Å². The number of allylic oxidation sites excluding steroid dienone is 2. The largest absolute Gasteiger partial charge is 0.396 e. The van der Waals surface area contributed by atoms with Gasteiger partial charge in [0.2, 0.25) is 0 Å². The summed E-state index contributed by atoms with van der Waals surface area (Å²) in [4.78, 5) is 0. The second-order valence-electron chi connectivity index (χ2n) is 4.61. The van der Waals surface area contributed by atoms with Crippen LogP contribution in [0.2, 0.25) is 0 Å². The number of hydrogen-bond donors (Lipinski definition) is 2. The van der Waals surface area contributed by atoms with Crippen LogP contribution >= 0.6 is 0 Å². The average Bonchev–Trinajstić information content (AvgIpc) is 2.58. The fourth-order valence-corrected chi connectivity index (χ4v) is 3.17. The first-order valence-corrected chi connectivity index (χ1v) is 5.15. The van der Waals surface area contributed by atoms with Crippen molar-refractivity contribution >= 4 is 0 Å². The molecule has 1 saturated carbocycles. The molecule has 0 spiro atoms. The van der Waals surface area contributed by atoms with Crippen molar-refractivity contribution in [2.45, 2.75) is 32.1 Å². The van der Waals surface area contributed by atoms with Gasteiger partial charge >= 0.3 is 0 Å². The summed E-state index contributed by atoms with van der Waals surface area (Å²) in [6, 6.07) is 0. The molecule has 13 heavy (non-hydrogen) atoms. The molecule has 0 aromatic carbocycles. The van der Waals surface area contributed by atoms with Crippen LogP contribution in [0, 0.1) is 10.8 Å². The minimum Gasteiger partial charge on any atom is -0.396 e. The standard InChI is InChI=1S/C11H18O2/c12-8-10-4-1-2-5-11(10,9-13)7-3-6-10/h1-2,12-13H,3-9H2/t10-,11+. The third-order valence-electron chi connectivity index (χ3n) is 4.22. The molecule has 0 aromatic heterocycles. The van der Waals surface area contributed by atoms with Crippen LogP contribution in [0.1, 0.15) is 32.1 Å². The van der Waals surface area contributed by atoms with Crippen molar-refractivity contribution in [3.05, 3.63) is 12.2 Å². The third kappa shape index (κ3) is 1.09. The first-order valence-electron chi connectivity index (χ1n) is 5.15. The van der Waals surface area contributed by atoms with Crippen LogP contribution in [0.4, 0.5) is 0 Å². The molecule has 2 nitrogen and oxygen atoms in total. The van der Waals surface area contributed by atoms with E-state index in [1.165, 1.54) is 0 Å². The first-order chi connectivity index (χ1) is 6.29. The van der Waals surface area contributed by atoms with Crippen molar-refractivity contribution in [1.29, 1.82) is 0 Å². The van der Waals surface area contributed by atoms with Crippen molar-refractivity contribution in [3.63, 3.8) is 0 Å². The lowest BCUT2D eigenvalue weighted by Crippen LogP contribution is -2.44. The minimum atomic E-state index is -0.00347. The summed E-state index contributed by atoms with van der Waals surface area (Å²) in [6.45, 7) is 0.468. The molecule has 0 bridgehead atoms. The van der Waals surface area contributed by atoms with E-state index in [9.17, 15) is 10.2 Å². The highest BCUT2D eigenvalue weighted by molar-refractivity contribution is 5.12. The molecule has 0 aliphatic heterocycles. The Hall–Kier alpha value is -0.340. The third-order valence-corrected chi connectivity index (χ3v) is 4.22. The lowest BCUT2D eigenvalue weighted by atomic mass is 9.60. The molecule has 0 saturated heterocycles. The molecule has 74 valence electrons. The summed E-state index contributed by atoms with van der Waals surface area (Å²) in [5.41, 5.74) is -0.00694. The second kappa shape index (κ2) is 3.10. The monoisotopic (exact) mass is 182 g/mol. The highest BCUT2D eigenvalue weighted by Crippen LogP contribution is 2.58. The van der Waals surface area contributed by atoms with E-state index in [1.807, 2.05) is 0 Å². The Balaban J connectivity index is 2.34. The maximum atomic E-state index is 9.50. The Kier molecular flexibility index (Phi) is 2.20. The van der Waals surface area contributed by atoms with Gasteiger partial charge in [-0.15, -0.1) is 0 Å². The van der Waals surface area contributed by atoms with Crippen LogP contribution in [-0.4, -0.2) is 23.4 Å². The Bertz CT molecular complexity index is 202. The lowest BCUT2D eigenvalue weighted by Gasteiger charge is -2.45. The van der Waals surface area contributed by atoms with E-state index in [0.29, 0.717) is 0 Å². The fraction of sp³-hybridized carbons (Fsp3) is 0.818. The van der Waals surface area contributed by atoms with Crippen molar-refractivity contribution in [1.82, 2.24) is 0 Å². The normalized spacial score (nSPS) is 43.5. The van der Waals surface area contributed by atoms with E-state index in [4.69, 9.17) is 0 Å². The Morgan fingerprint density at radius 2 is 1.38 bits per heavy atom. The molecule has 2 aliphatic rings. The summed E-state index contributed by atoms with van der Waals surface area (Å²) in [5.74, 6) is 0. The van der Waals surface area contributed by atoms with Crippen LogP contribution in [0.3, 0.4) is 0 Å². The molecule has 0 aromatic rings. The van der Waals surface area contributed by atoms with Gasteiger partial charge in [-0.05, 0) is 25.7 Å². The molecule has 2 rings (SSSR count). The molecular weight excluding hydrogens is 164 g/mol. The fourth-order valence-electron chi connectivity index (χ4n) is 3.17. The maximum absolute atomic E-state index is 9.50. The van der Waals surface area contributed by atoms with Crippen molar-refractivity contribution in [2.24, 2.45) is 10.8 Å². The van der Waals surface area contributed by atoms with Crippen LogP contribution in [0.15, 0.2) is 12.2 Å². The number of aliphatic hydroxyl groups is 2. The zero-order valence-electron chi connectivity index (χ0n) is 8.00. The minimum absolute atomic E-state index is 0.00347. The van der Waals surface area contributed by atoms with E-state index in [-0.39, 0.29) is 24.0 Å². The molecule has 0 heterocycles. The molecule has 1 fully saturated rings. The molecule has 2 heteroatoms. The number of aliphatic hydroxyl groups excluding tert-OH is 2. The smallest absolute Gasteiger partial charge is 0.0496 e. The summed E-state index contributed by atoms with van der Waals surface area (Å²) < 4.78 is 0. The number of hydrogen-bond acceptors (Lipinski definition) is 2. The molecule has 2 N–H and O–H groups in total. The molecular formula is C11H18O2. The Morgan fingerprint density at radius 3 is 1.77 bits per heavy atom. The zero-order valence-corrected chi connectivity index (χ0v) is 8.00. The van der Waals surface area contributed by atoms with Crippen LogP contribution in [0.5, 0.6) is 0 Å². The molecule has 2 atom stereocenters. The van der Waals surface area contributed by atoms with Crippen LogP contribution in [-0.2, 0) is 0 Å². The topological polar surface area (TPSA) is 40.5 Å². The summed E-state index contributed by atoms with van der Waals surface area (Å²) in [6.07, 6.45) is 9.53. The second-order valence-corrected chi connectivity index (χ2v) is 4.61. The highest BCUT2D eigenvalue weighted by atomic mass is 16.3. The van der Waals surface area contributed by atoms with Gasteiger partial charge in [-0.25, -0.2) is 0 Å². The van der Waals surface area contributed by atoms with Crippen molar-refractivity contribution < 1.29 is 10.2 Å². The molecule has 0 radical (unpaired) electrons. The van der Waals surface area contributed by atoms with Crippen LogP contribution in [0.25, 0.3) is 0 Å². The average molecular weight is 182 g/mol. The number of fused-ring (bicyclic) bond motifs is 1. The van der Waals surface area contributed by atoms with E-state index in [0.717, 1.165) is 32.1 Å². The summed E-state index contributed by atoms with van der Waals surface area (Å²) in [7, 11) is 0.